The smallest absolute Gasteiger partial charge is 0.550 e. The monoisotopic (exact) mass is 886 g/mol. The van der Waals surface area contributed by atoms with Crippen LogP contribution in [0.4, 0.5) is 0 Å². The van der Waals surface area contributed by atoms with E-state index in [1.165, 1.54) is 11.1 Å². The number of carboxylic acid groups (broad SMARTS) is 2. The van der Waals surface area contributed by atoms with Gasteiger partial charge in [-0.3, -0.25) is 19.2 Å². The second kappa shape index (κ2) is 19.6. The molecule has 16 heteroatoms. The normalized spacial score (nSPS) is 43.5. The van der Waals surface area contributed by atoms with E-state index in [1.54, 1.807) is 12.2 Å². The molecular weight excluding hydrogens is 822 g/mol. The molecule has 8 aliphatic carbocycles. The predicted molar refractivity (Wildman–Crippen MR) is 210 cm³/mol. The largest absolute Gasteiger partial charge is 1.00 e. The van der Waals surface area contributed by atoms with E-state index in [9.17, 15) is 69.6 Å². The zero-order valence-electron chi connectivity index (χ0n) is 37.5. The van der Waals surface area contributed by atoms with Gasteiger partial charge < -0.3 is 50.4 Å². The molecule has 0 aromatic carbocycles. The molecule has 334 valence electrons. The third-order valence-electron chi connectivity index (χ3n) is 17.8. The number of carbonyl (C=O) groups is 6. The Kier molecular flexibility index (Phi) is 16.9. The molecule has 0 radical (unpaired) electrons. The van der Waals surface area contributed by atoms with Crippen molar-refractivity contribution in [2.45, 2.75) is 154 Å². The van der Waals surface area contributed by atoms with E-state index in [-0.39, 0.29) is 117 Å². The van der Waals surface area contributed by atoms with Crippen LogP contribution < -0.4 is 69.3 Å². The van der Waals surface area contributed by atoms with E-state index in [2.05, 4.69) is 13.8 Å². The molecule has 62 heavy (non-hydrogen) atoms. The van der Waals surface area contributed by atoms with Crippen molar-refractivity contribution in [3.05, 3.63) is 23.3 Å². The molecule has 0 spiro atoms. The minimum atomic E-state index is -1.54. The summed E-state index contributed by atoms with van der Waals surface area (Å²) in [6, 6.07) is 0. The molecule has 0 saturated heterocycles. The van der Waals surface area contributed by atoms with Crippen molar-refractivity contribution in [3.63, 3.8) is 0 Å². The molecule has 0 amide bonds. The Bertz CT molecular complexity index is 1720. The summed E-state index contributed by atoms with van der Waals surface area (Å²) in [5.74, 6) is -2.45. The first-order valence-electron chi connectivity index (χ1n) is 21.9. The number of Topliss-reactive ketones (excluding diaryl/α,β-unsaturated/α-hetero) is 2. The van der Waals surface area contributed by atoms with Crippen LogP contribution in [0.1, 0.15) is 130 Å². The number of hydrogen-bond donors (Lipinski definition) is 6. The number of aliphatic hydroxyl groups excluding tert-OH is 4. The van der Waals surface area contributed by atoms with Gasteiger partial charge in [0.1, 0.15) is 24.4 Å². The summed E-state index contributed by atoms with van der Waals surface area (Å²) in [4.78, 5) is 67.5. The molecule has 8 aliphatic rings. The molecule has 6 saturated carbocycles. The van der Waals surface area contributed by atoms with Crippen LogP contribution in [0.25, 0.3) is 0 Å². The Hall–Kier alpha value is -1.14. The number of fused-ring (bicyclic) bond motifs is 10. The third-order valence-corrected chi connectivity index (χ3v) is 17.8. The minimum Gasteiger partial charge on any atom is -0.550 e. The Labute approximate surface area is 408 Å². The van der Waals surface area contributed by atoms with Gasteiger partial charge in [0, 0.05) is 35.6 Å². The Morgan fingerprint density at radius 3 is 1.24 bits per heavy atom. The summed E-state index contributed by atoms with van der Waals surface area (Å²) in [6.07, 6.45) is 10.5. The Balaban J connectivity index is 0.000000226. The Morgan fingerprint density at radius 1 is 0.597 bits per heavy atom. The minimum absolute atomic E-state index is 0. The van der Waals surface area contributed by atoms with Crippen molar-refractivity contribution in [1.82, 2.24) is 0 Å². The van der Waals surface area contributed by atoms with Gasteiger partial charge in [-0.15, -0.1) is 0 Å². The number of carboxylic acids is 2. The molecule has 14 nitrogen and oxygen atoms in total. The van der Waals surface area contributed by atoms with Crippen molar-refractivity contribution in [2.24, 2.45) is 57.2 Å². The number of aliphatic hydroxyl groups is 6. The summed E-state index contributed by atoms with van der Waals surface area (Å²) >= 11 is 0. The van der Waals surface area contributed by atoms with Gasteiger partial charge in [0.05, 0.1) is 12.2 Å². The summed E-state index contributed by atoms with van der Waals surface area (Å²) in [7, 11) is 0. The quantitative estimate of drug-likeness (QED) is 0.131. The van der Waals surface area contributed by atoms with Gasteiger partial charge in [-0.05, 0) is 148 Å². The summed E-state index contributed by atoms with van der Waals surface area (Å²) in [5, 5.41) is 82.5. The summed E-state index contributed by atoms with van der Waals surface area (Å²) in [6.45, 7) is 6.92. The van der Waals surface area contributed by atoms with Crippen molar-refractivity contribution in [3.8, 4) is 0 Å². The van der Waals surface area contributed by atoms with Gasteiger partial charge in [-0.1, -0.05) is 38.8 Å². The first-order valence-corrected chi connectivity index (χ1v) is 21.9. The Morgan fingerprint density at radius 2 is 0.935 bits per heavy atom. The van der Waals surface area contributed by atoms with E-state index in [0.717, 1.165) is 51.4 Å². The first-order chi connectivity index (χ1) is 28.0. The summed E-state index contributed by atoms with van der Waals surface area (Å²) < 4.78 is 0. The van der Waals surface area contributed by atoms with E-state index < -0.39 is 83.8 Å². The van der Waals surface area contributed by atoms with E-state index in [4.69, 9.17) is 0 Å². The molecule has 0 aromatic rings. The summed E-state index contributed by atoms with van der Waals surface area (Å²) in [5.41, 5.74) is -2.46. The second-order valence-electron chi connectivity index (χ2n) is 20.4. The van der Waals surface area contributed by atoms with Gasteiger partial charge in [0.2, 0.25) is 0 Å². The molecule has 6 N–H and O–H groups in total. The number of hydrogen-bond acceptors (Lipinski definition) is 14. The molecule has 0 bridgehead atoms. The number of carbonyl (C=O) groups excluding carboxylic acids is 6. The molecule has 14 atom stereocenters. The van der Waals surface area contributed by atoms with Crippen LogP contribution >= 0.6 is 0 Å². The van der Waals surface area contributed by atoms with Crippen LogP contribution in [0.2, 0.25) is 0 Å². The maximum atomic E-state index is 12.4. The van der Waals surface area contributed by atoms with E-state index in [1.807, 2.05) is 13.8 Å². The van der Waals surface area contributed by atoms with Crippen LogP contribution in [0, 0.1) is 57.2 Å². The molecule has 6 fully saturated rings. The zero-order valence-corrected chi connectivity index (χ0v) is 41.5. The second-order valence-corrected chi connectivity index (χ2v) is 20.4. The van der Waals surface area contributed by atoms with E-state index in [0.29, 0.717) is 38.5 Å². The van der Waals surface area contributed by atoms with Crippen LogP contribution in [0.15, 0.2) is 23.3 Å². The maximum Gasteiger partial charge on any atom is 1.00 e. The van der Waals surface area contributed by atoms with Crippen molar-refractivity contribution < 1.29 is 129 Å². The van der Waals surface area contributed by atoms with Crippen LogP contribution in [0.3, 0.4) is 0 Å². The van der Waals surface area contributed by atoms with Crippen LogP contribution in [-0.4, -0.2) is 102 Å². The van der Waals surface area contributed by atoms with Crippen molar-refractivity contribution in [2.75, 3.05) is 13.2 Å². The molecule has 6 unspecified atom stereocenters. The van der Waals surface area contributed by atoms with Gasteiger partial charge >= 0.3 is 59.1 Å². The SMILES string of the molecule is C[C@]12CCC(=O)C=C1CCC1C2[C@@H](O)C[C@@]2(C)C1CC[C@]2(O)C(=O)CO.C[C@]12CCC(=O)C=C1CCC1C2[C@@H](O)C[C@@]2(C)C1CC[C@]2(O)C(=O)CO.O=C([O-])CCC(=O)[O-].[Na+].[Na+]. The van der Waals surface area contributed by atoms with Gasteiger partial charge in [0.25, 0.3) is 0 Å². The van der Waals surface area contributed by atoms with Gasteiger partial charge in [-0.25, -0.2) is 0 Å². The average molecular weight is 887 g/mol. The standard InChI is InChI=1S/2C21H30O5.C4H6O4.2Na/c2*1-19-7-5-13(23)9-12(19)3-4-14-15-6-8-21(26,17(25)11-22)20(15,2)10-16(24)18(14)19;5-3(6)1-2-4(7)8;;/h2*9,14-16,18,22,24,26H,3-8,10-11H2,1-2H3;1-2H2,(H,5,6)(H,7,8);;/q;;;2*+1/p-2/t2*14?,15?,16-,18?,19-,20-,21-;;;/m00.../s1. The maximum absolute atomic E-state index is 12.4. The fourth-order valence-corrected chi connectivity index (χ4v) is 14.8. The van der Waals surface area contributed by atoms with Crippen molar-refractivity contribution in [1.29, 1.82) is 0 Å². The van der Waals surface area contributed by atoms with Gasteiger partial charge in [0.15, 0.2) is 23.1 Å². The van der Waals surface area contributed by atoms with Crippen molar-refractivity contribution >= 4 is 35.1 Å². The fourth-order valence-electron chi connectivity index (χ4n) is 14.8. The first kappa shape index (κ1) is 53.5. The molecule has 0 aromatic heterocycles. The van der Waals surface area contributed by atoms with Gasteiger partial charge in [-0.2, -0.15) is 0 Å². The number of allylic oxidation sites excluding steroid dienone is 2. The number of aliphatic carboxylic acids is 2. The van der Waals surface area contributed by atoms with E-state index >= 15 is 0 Å². The molecule has 0 aliphatic heterocycles. The third kappa shape index (κ3) is 8.77. The predicted octanol–water partition coefficient (Wildman–Crippen LogP) is -5.16. The fraction of sp³-hybridized carbons (Fsp3) is 0.783. The van der Waals surface area contributed by atoms with Crippen LogP contribution in [0.5, 0.6) is 0 Å². The average Bonchev–Trinajstić information content (AvgIpc) is 3.62. The molecule has 8 rings (SSSR count). The molecular formula is C46H64Na2O14. The molecule has 0 heterocycles. The topological polar surface area (TPSA) is 270 Å². The van der Waals surface area contributed by atoms with Crippen LogP contribution in [-0.2, 0) is 28.8 Å². The number of rotatable bonds is 7. The zero-order chi connectivity index (χ0) is 44.4. The number of ketones is 4.